The lowest BCUT2D eigenvalue weighted by atomic mass is 10.0. The molecule has 0 aliphatic carbocycles. The molecule has 6 heteroatoms. The Morgan fingerprint density at radius 2 is 1.62 bits per heavy atom. The van der Waals surface area contributed by atoms with Gasteiger partial charge in [-0.15, -0.1) is 0 Å². The molecular formula is C18H25N3O3. The van der Waals surface area contributed by atoms with Gasteiger partial charge in [0.1, 0.15) is 6.04 Å². The summed E-state index contributed by atoms with van der Waals surface area (Å²) in [7, 11) is 0. The van der Waals surface area contributed by atoms with Crippen molar-refractivity contribution in [3.8, 4) is 0 Å². The number of rotatable bonds is 8. The minimum absolute atomic E-state index is 0.171. The van der Waals surface area contributed by atoms with Crippen molar-refractivity contribution in [2.75, 3.05) is 19.6 Å². The lowest BCUT2D eigenvalue weighted by Crippen LogP contribution is -2.53. The van der Waals surface area contributed by atoms with E-state index in [1.54, 1.807) is 24.3 Å². The number of imide groups is 1. The molecule has 2 N–H and O–H groups in total. The molecule has 1 aromatic carbocycles. The molecule has 3 amide bonds. The van der Waals surface area contributed by atoms with Gasteiger partial charge >= 0.3 is 0 Å². The molecule has 24 heavy (non-hydrogen) atoms. The molecule has 0 saturated carbocycles. The number of benzene rings is 1. The molecule has 0 fully saturated rings. The molecule has 130 valence electrons. The highest BCUT2D eigenvalue weighted by Gasteiger charge is 2.43. The van der Waals surface area contributed by atoms with Crippen LogP contribution in [0.2, 0.25) is 0 Å². The predicted octanol–water partition coefficient (Wildman–Crippen LogP) is 1.42. The second-order valence-electron chi connectivity index (χ2n) is 6.26. The van der Waals surface area contributed by atoms with Gasteiger partial charge in [-0.2, -0.15) is 0 Å². The van der Waals surface area contributed by atoms with Gasteiger partial charge < -0.3 is 10.6 Å². The van der Waals surface area contributed by atoms with Crippen LogP contribution in [0.15, 0.2) is 24.3 Å². The summed E-state index contributed by atoms with van der Waals surface area (Å²) in [6, 6.07) is 5.89. The summed E-state index contributed by atoms with van der Waals surface area (Å²) in [6.07, 6.45) is 1.03. The number of nitrogens with one attached hydrogen (secondary N) is 2. The van der Waals surface area contributed by atoms with Gasteiger partial charge in [0.25, 0.3) is 11.8 Å². The normalized spacial score (nSPS) is 14.9. The van der Waals surface area contributed by atoms with Crippen LogP contribution in [0.1, 0.15) is 47.9 Å². The summed E-state index contributed by atoms with van der Waals surface area (Å²) in [6.45, 7) is 7.76. The highest BCUT2D eigenvalue weighted by atomic mass is 16.2. The SMILES string of the molecule is CCCNCCNC(=O)C(C(C)C)N1C(=O)c2ccccc2C1=O. The van der Waals surface area contributed by atoms with E-state index in [0.29, 0.717) is 24.2 Å². The van der Waals surface area contributed by atoms with Crippen LogP contribution in [0.5, 0.6) is 0 Å². The first-order valence-electron chi connectivity index (χ1n) is 8.44. The number of fused-ring (bicyclic) bond motifs is 1. The summed E-state index contributed by atoms with van der Waals surface area (Å²) in [5.74, 6) is -1.25. The quantitative estimate of drug-likeness (QED) is 0.558. The van der Waals surface area contributed by atoms with Crippen molar-refractivity contribution >= 4 is 17.7 Å². The molecule has 0 spiro atoms. The number of nitrogens with zero attached hydrogens (tertiary/aromatic N) is 1. The zero-order valence-corrected chi connectivity index (χ0v) is 14.5. The van der Waals surface area contributed by atoms with Crippen molar-refractivity contribution in [3.63, 3.8) is 0 Å². The van der Waals surface area contributed by atoms with Crippen molar-refractivity contribution in [3.05, 3.63) is 35.4 Å². The van der Waals surface area contributed by atoms with Crippen LogP contribution in [-0.4, -0.2) is 48.3 Å². The van der Waals surface area contributed by atoms with E-state index >= 15 is 0 Å². The van der Waals surface area contributed by atoms with E-state index < -0.39 is 17.9 Å². The average Bonchev–Trinajstić information content (AvgIpc) is 2.80. The minimum atomic E-state index is -0.802. The van der Waals surface area contributed by atoms with E-state index in [1.807, 2.05) is 13.8 Å². The van der Waals surface area contributed by atoms with Crippen LogP contribution >= 0.6 is 0 Å². The molecule has 1 aliphatic rings. The number of hydrogen-bond donors (Lipinski definition) is 2. The van der Waals surface area contributed by atoms with Crippen molar-refractivity contribution < 1.29 is 14.4 Å². The Balaban J connectivity index is 2.10. The molecular weight excluding hydrogens is 306 g/mol. The molecule has 1 unspecified atom stereocenters. The third-order valence-corrected chi connectivity index (χ3v) is 4.03. The van der Waals surface area contributed by atoms with Gasteiger partial charge in [-0.3, -0.25) is 19.3 Å². The van der Waals surface area contributed by atoms with Crippen molar-refractivity contribution in [1.29, 1.82) is 0 Å². The smallest absolute Gasteiger partial charge is 0.262 e. The third kappa shape index (κ3) is 3.64. The van der Waals surface area contributed by atoms with Crippen LogP contribution in [0.25, 0.3) is 0 Å². The second kappa shape index (κ2) is 8.06. The summed E-state index contributed by atoms with van der Waals surface area (Å²) in [5, 5.41) is 6.02. The van der Waals surface area contributed by atoms with Gasteiger partial charge in [0, 0.05) is 13.1 Å². The van der Waals surface area contributed by atoms with E-state index in [1.165, 1.54) is 0 Å². The van der Waals surface area contributed by atoms with Crippen molar-refractivity contribution in [1.82, 2.24) is 15.5 Å². The number of hydrogen-bond acceptors (Lipinski definition) is 4. The second-order valence-corrected chi connectivity index (χ2v) is 6.26. The Bertz CT molecular complexity index is 593. The molecule has 1 heterocycles. The fraction of sp³-hybridized carbons (Fsp3) is 0.500. The van der Waals surface area contributed by atoms with Crippen LogP contribution < -0.4 is 10.6 Å². The maximum atomic E-state index is 12.6. The molecule has 0 radical (unpaired) electrons. The maximum absolute atomic E-state index is 12.6. The number of carbonyl (C=O) groups is 3. The van der Waals surface area contributed by atoms with Gasteiger partial charge in [-0.1, -0.05) is 32.9 Å². The number of amides is 3. The standard InChI is InChI=1S/C18H25N3O3/c1-4-9-19-10-11-20-16(22)15(12(2)3)21-17(23)13-7-5-6-8-14(13)18(21)24/h5-8,12,15,19H,4,9-11H2,1-3H3,(H,20,22). The zero-order chi connectivity index (χ0) is 17.7. The fourth-order valence-electron chi connectivity index (χ4n) is 2.86. The van der Waals surface area contributed by atoms with E-state index in [0.717, 1.165) is 17.9 Å². The first kappa shape index (κ1) is 18.1. The molecule has 1 atom stereocenters. The first-order chi connectivity index (χ1) is 11.5. The summed E-state index contributed by atoms with van der Waals surface area (Å²) in [5.41, 5.74) is 0.733. The highest BCUT2D eigenvalue weighted by Crippen LogP contribution is 2.27. The summed E-state index contributed by atoms with van der Waals surface area (Å²) < 4.78 is 0. The fourth-order valence-corrected chi connectivity index (χ4v) is 2.86. The van der Waals surface area contributed by atoms with E-state index in [-0.39, 0.29) is 11.8 Å². The highest BCUT2D eigenvalue weighted by molar-refractivity contribution is 6.22. The van der Waals surface area contributed by atoms with E-state index in [9.17, 15) is 14.4 Å². The Labute approximate surface area is 142 Å². The zero-order valence-electron chi connectivity index (χ0n) is 14.5. The monoisotopic (exact) mass is 331 g/mol. The average molecular weight is 331 g/mol. The molecule has 1 aromatic rings. The van der Waals surface area contributed by atoms with Crippen LogP contribution in [-0.2, 0) is 4.79 Å². The van der Waals surface area contributed by atoms with Gasteiger partial charge in [0.05, 0.1) is 11.1 Å². The Morgan fingerprint density at radius 1 is 1.04 bits per heavy atom. The molecule has 2 rings (SSSR count). The lowest BCUT2D eigenvalue weighted by molar-refractivity contribution is -0.126. The first-order valence-corrected chi connectivity index (χ1v) is 8.44. The predicted molar refractivity (Wildman–Crippen MR) is 91.7 cm³/mol. The maximum Gasteiger partial charge on any atom is 0.262 e. The minimum Gasteiger partial charge on any atom is -0.353 e. The summed E-state index contributed by atoms with van der Waals surface area (Å²) >= 11 is 0. The van der Waals surface area contributed by atoms with E-state index in [4.69, 9.17) is 0 Å². The largest absolute Gasteiger partial charge is 0.353 e. The third-order valence-electron chi connectivity index (χ3n) is 4.03. The molecule has 0 saturated heterocycles. The van der Waals surface area contributed by atoms with Crippen LogP contribution in [0.4, 0.5) is 0 Å². The van der Waals surface area contributed by atoms with Gasteiger partial charge in [-0.05, 0) is 31.0 Å². The molecule has 0 bridgehead atoms. The van der Waals surface area contributed by atoms with Gasteiger partial charge in [-0.25, -0.2) is 0 Å². The van der Waals surface area contributed by atoms with Crippen LogP contribution in [0.3, 0.4) is 0 Å². The van der Waals surface area contributed by atoms with Gasteiger partial charge in [0.15, 0.2) is 0 Å². The van der Waals surface area contributed by atoms with Crippen LogP contribution in [0, 0.1) is 5.92 Å². The number of carbonyl (C=O) groups excluding carboxylic acids is 3. The van der Waals surface area contributed by atoms with Crippen molar-refractivity contribution in [2.45, 2.75) is 33.2 Å². The molecule has 0 aromatic heterocycles. The van der Waals surface area contributed by atoms with E-state index in [2.05, 4.69) is 17.6 Å². The topological polar surface area (TPSA) is 78.5 Å². The van der Waals surface area contributed by atoms with Crippen molar-refractivity contribution in [2.24, 2.45) is 5.92 Å². The molecule has 6 nitrogen and oxygen atoms in total. The Hall–Kier alpha value is -2.21. The Kier molecular flexibility index (Phi) is 6.09. The van der Waals surface area contributed by atoms with Gasteiger partial charge in [0.2, 0.25) is 5.91 Å². The Morgan fingerprint density at radius 3 is 2.12 bits per heavy atom. The molecule has 1 aliphatic heterocycles. The lowest BCUT2D eigenvalue weighted by Gasteiger charge is -2.28. The summed E-state index contributed by atoms with van der Waals surface area (Å²) in [4.78, 5) is 38.8.